The molecule has 160 valence electrons. The molecule has 1 aromatic heterocycles. The van der Waals surface area contributed by atoms with Crippen LogP contribution >= 0.6 is 23.2 Å². The molecule has 0 spiro atoms. The molecule has 3 amide bonds. The monoisotopic (exact) mass is 458 g/mol. The predicted molar refractivity (Wildman–Crippen MR) is 121 cm³/mol. The molecular weight excluding hydrogens is 439 g/mol. The molecule has 0 atom stereocenters. The van der Waals surface area contributed by atoms with Crippen molar-refractivity contribution >= 4 is 46.5 Å². The number of nitrogens with one attached hydrogen (secondary N) is 3. The van der Waals surface area contributed by atoms with Crippen LogP contribution < -0.4 is 16.0 Å². The molecule has 7 nitrogen and oxygen atoms in total. The molecule has 31 heavy (non-hydrogen) atoms. The lowest BCUT2D eigenvalue weighted by Gasteiger charge is -2.08. The van der Waals surface area contributed by atoms with Crippen molar-refractivity contribution in [1.82, 2.24) is 10.3 Å². The van der Waals surface area contributed by atoms with Crippen molar-refractivity contribution < 1.29 is 14.0 Å². The van der Waals surface area contributed by atoms with Gasteiger partial charge in [0.15, 0.2) is 11.7 Å². The van der Waals surface area contributed by atoms with E-state index in [4.69, 9.17) is 27.6 Å². The van der Waals surface area contributed by atoms with Crippen LogP contribution in [0, 0.1) is 0 Å². The van der Waals surface area contributed by atoms with Crippen molar-refractivity contribution in [3.8, 4) is 11.3 Å². The lowest BCUT2D eigenvalue weighted by Crippen LogP contribution is -2.30. The summed E-state index contributed by atoms with van der Waals surface area (Å²) in [4.78, 5) is 28.2. The van der Waals surface area contributed by atoms with Crippen LogP contribution in [-0.4, -0.2) is 23.0 Å². The van der Waals surface area contributed by atoms with Gasteiger partial charge in [0.2, 0.25) is 5.91 Å². The number of carbonyl (C=O) groups excluding carboxylic acids is 2. The Balaban J connectivity index is 1.26. The molecule has 0 saturated heterocycles. The molecule has 1 saturated carbocycles. The molecule has 2 aromatic carbocycles. The van der Waals surface area contributed by atoms with Crippen LogP contribution in [-0.2, 0) is 11.2 Å². The average molecular weight is 459 g/mol. The van der Waals surface area contributed by atoms with Gasteiger partial charge in [0.25, 0.3) is 0 Å². The average Bonchev–Trinajstić information content (AvgIpc) is 3.41. The highest BCUT2D eigenvalue weighted by molar-refractivity contribution is 6.36. The Morgan fingerprint density at radius 3 is 2.42 bits per heavy atom. The van der Waals surface area contributed by atoms with Gasteiger partial charge >= 0.3 is 6.03 Å². The lowest BCUT2D eigenvalue weighted by atomic mass is 10.2. The number of oxazole rings is 1. The number of aryl methyl sites for hydroxylation is 1. The van der Waals surface area contributed by atoms with Crippen LogP contribution in [0.5, 0.6) is 0 Å². The molecule has 1 aliphatic carbocycles. The summed E-state index contributed by atoms with van der Waals surface area (Å²) >= 11 is 12.1. The Hall–Kier alpha value is -3.03. The topological polar surface area (TPSA) is 96.3 Å². The fourth-order valence-electron chi connectivity index (χ4n) is 2.90. The molecular formula is C22H20Cl2N4O3. The van der Waals surface area contributed by atoms with Gasteiger partial charge in [-0.2, -0.15) is 0 Å². The zero-order valence-corrected chi connectivity index (χ0v) is 18.0. The van der Waals surface area contributed by atoms with Crippen molar-refractivity contribution in [3.63, 3.8) is 0 Å². The number of hydrogen-bond donors (Lipinski definition) is 3. The summed E-state index contributed by atoms with van der Waals surface area (Å²) in [6, 6.07) is 12.1. The minimum Gasteiger partial charge on any atom is -0.441 e. The summed E-state index contributed by atoms with van der Waals surface area (Å²) in [6.07, 6.45) is 4.19. The van der Waals surface area contributed by atoms with Gasteiger partial charge in [-0.1, -0.05) is 23.2 Å². The van der Waals surface area contributed by atoms with Gasteiger partial charge < -0.3 is 20.4 Å². The fourth-order valence-corrected chi connectivity index (χ4v) is 3.40. The molecule has 3 aromatic rings. The summed E-state index contributed by atoms with van der Waals surface area (Å²) in [7, 11) is 0. The van der Waals surface area contributed by atoms with E-state index in [-0.39, 0.29) is 18.4 Å². The Kier molecular flexibility index (Phi) is 6.44. The second kappa shape index (κ2) is 9.41. The largest absolute Gasteiger partial charge is 0.441 e. The number of benzene rings is 2. The second-order valence-electron chi connectivity index (χ2n) is 7.24. The molecule has 4 rings (SSSR count). The van der Waals surface area contributed by atoms with E-state index < -0.39 is 0 Å². The van der Waals surface area contributed by atoms with Gasteiger partial charge in [0.05, 0.1) is 11.2 Å². The van der Waals surface area contributed by atoms with E-state index in [1.54, 1.807) is 48.7 Å². The first-order chi connectivity index (χ1) is 15.0. The number of rotatable bonds is 7. The highest BCUT2D eigenvalue weighted by atomic mass is 35.5. The first-order valence-electron chi connectivity index (χ1n) is 9.84. The Labute approximate surface area is 189 Å². The van der Waals surface area contributed by atoms with Crippen molar-refractivity contribution in [3.05, 3.63) is 64.6 Å². The molecule has 1 fully saturated rings. The highest BCUT2D eigenvalue weighted by Gasteiger charge is 2.23. The van der Waals surface area contributed by atoms with E-state index in [1.807, 2.05) is 0 Å². The quantitative estimate of drug-likeness (QED) is 0.435. The van der Waals surface area contributed by atoms with Crippen LogP contribution in [0.15, 0.2) is 53.1 Å². The third-order valence-corrected chi connectivity index (χ3v) is 5.20. The van der Waals surface area contributed by atoms with Gasteiger partial charge in [-0.3, -0.25) is 4.79 Å². The van der Waals surface area contributed by atoms with Crippen LogP contribution in [0.4, 0.5) is 16.2 Å². The molecule has 0 bridgehead atoms. The fraction of sp³-hybridized carbons (Fsp3) is 0.227. The second-order valence-corrected chi connectivity index (χ2v) is 8.08. The van der Waals surface area contributed by atoms with Crippen LogP contribution in [0.2, 0.25) is 10.0 Å². The summed E-state index contributed by atoms with van der Waals surface area (Å²) in [6.45, 7) is 0. The molecule has 0 unspecified atom stereocenters. The number of hydrogen-bond acceptors (Lipinski definition) is 4. The van der Waals surface area contributed by atoms with E-state index in [1.165, 1.54) is 0 Å². The number of amides is 3. The van der Waals surface area contributed by atoms with E-state index in [0.717, 1.165) is 12.8 Å². The number of urea groups is 1. The number of aromatic nitrogens is 1. The van der Waals surface area contributed by atoms with Gasteiger partial charge in [-0.05, 0) is 55.3 Å². The SMILES string of the molecule is O=C(CCc1ncc(-c2ccc(Cl)cc2Cl)o1)Nc1ccc(NC(=O)NC2CC2)cc1. The first kappa shape index (κ1) is 21.2. The zero-order chi connectivity index (χ0) is 21.8. The molecule has 0 aliphatic heterocycles. The van der Waals surface area contributed by atoms with E-state index in [2.05, 4.69) is 20.9 Å². The van der Waals surface area contributed by atoms with Gasteiger partial charge in [-0.25, -0.2) is 9.78 Å². The van der Waals surface area contributed by atoms with Crippen molar-refractivity contribution in [2.75, 3.05) is 10.6 Å². The van der Waals surface area contributed by atoms with Gasteiger partial charge in [0.1, 0.15) is 0 Å². The smallest absolute Gasteiger partial charge is 0.319 e. The summed E-state index contributed by atoms with van der Waals surface area (Å²) < 4.78 is 5.71. The van der Waals surface area contributed by atoms with Gasteiger partial charge in [0, 0.05) is 40.8 Å². The zero-order valence-electron chi connectivity index (χ0n) is 16.5. The van der Waals surface area contributed by atoms with E-state index >= 15 is 0 Å². The third kappa shape index (κ3) is 5.99. The Morgan fingerprint density at radius 2 is 1.74 bits per heavy atom. The summed E-state index contributed by atoms with van der Waals surface area (Å²) in [5.41, 5.74) is 1.98. The van der Waals surface area contributed by atoms with E-state index in [0.29, 0.717) is 51.1 Å². The number of anilines is 2. The molecule has 1 heterocycles. The lowest BCUT2D eigenvalue weighted by molar-refractivity contribution is -0.116. The van der Waals surface area contributed by atoms with Crippen molar-refractivity contribution in [2.45, 2.75) is 31.7 Å². The minimum absolute atomic E-state index is 0.170. The van der Waals surface area contributed by atoms with Gasteiger partial charge in [-0.15, -0.1) is 0 Å². The normalized spacial score (nSPS) is 13.0. The standard InChI is InChI=1S/C22H20Cl2N4O3/c23-13-1-8-17(18(24)11-13)19-12-25-21(31-19)10-9-20(29)26-14-2-4-15(5-3-14)27-22(30)28-16-6-7-16/h1-5,8,11-12,16H,6-7,9-10H2,(H,26,29)(H2,27,28,30). The highest BCUT2D eigenvalue weighted by Crippen LogP contribution is 2.31. The first-order valence-corrected chi connectivity index (χ1v) is 10.6. The minimum atomic E-state index is -0.218. The number of carbonyl (C=O) groups is 2. The van der Waals surface area contributed by atoms with Crippen molar-refractivity contribution in [2.24, 2.45) is 0 Å². The third-order valence-electron chi connectivity index (χ3n) is 4.66. The summed E-state index contributed by atoms with van der Waals surface area (Å²) in [5, 5.41) is 9.44. The molecule has 9 heteroatoms. The Morgan fingerprint density at radius 1 is 1.03 bits per heavy atom. The van der Waals surface area contributed by atoms with Crippen LogP contribution in [0.3, 0.4) is 0 Å². The maximum atomic E-state index is 12.2. The van der Waals surface area contributed by atoms with Crippen LogP contribution in [0.1, 0.15) is 25.2 Å². The predicted octanol–water partition coefficient (Wildman–Crippen LogP) is 5.50. The van der Waals surface area contributed by atoms with Crippen molar-refractivity contribution in [1.29, 1.82) is 0 Å². The number of nitrogens with zero attached hydrogens (tertiary/aromatic N) is 1. The molecule has 0 radical (unpaired) electrons. The molecule has 3 N–H and O–H groups in total. The number of halogens is 2. The van der Waals surface area contributed by atoms with E-state index in [9.17, 15) is 9.59 Å². The maximum absolute atomic E-state index is 12.2. The maximum Gasteiger partial charge on any atom is 0.319 e. The Bertz CT molecular complexity index is 1090. The summed E-state index contributed by atoms with van der Waals surface area (Å²) in [5.74, 6) is 0.791. The molecule has 1 aliphatic rings. The van der Waals surface area contributed by atoms with Crippen LogP contribution in [0.25, 0.3) is 11.3 Å².